The number of hydrogen-bond acceptors (Lipinski definition) is 5. The number of rotatable bonds is 4. The number of thiazole rings is 1. The third-order valence-electron chi connectivity index (χ3n) is 2.33. The van der Waals surface area contributed by atoms with Crippen molar-refractivity contribution in [2.24, 2.45) is 0 Å². The van der Waals surface area contributed by atoms with Gasteiger partial charge in [-0.2, -0.15) is 0 Å². The van der Waals surface area contributed by atoms with Gasteiger partial charge in [0.15, 0.2) is 4.34 Å². The molecule has 0 bridgehead atoms. The number of carbonyl (C=O) groups is 2. The van der Waals surface area contributed by atoms with Crippen molar-refractivity contribution in [3.8, 4) is 0 Å². The molecule has 0 radical (unpaired) electrons. The second-order valence-corrected chi connectivity index (χ2v) is 7.25. The molecular weight excluding hydrogens is 330 g/mol. The molecule has 0 aliphatic heterocycles. The van der Waals surface area contributed by atoms with Crippen LogP contribution in [0.1, 0.15) is 13.8 Å². The van der Waals surface area contributed by atoms with Crippen LogP contribution in [0.4, 0.5) is 4.79 Å². The second-order valence-electron chi connectivity index (χ2n) is 4.56. The topological polar surface area (TPSA) is 71.1 Å². The van der Waals surface area contributed by atoms with Gasteiger partial charge in [-0.15, -0.1) is 11.3 Å². The van der Waals surface area contributed by atoms with E-state index >= 15 is 0 Å². The molecule has 0 fully saturated rings. The van der Waals surface area contributed by atoms with Crippen molar-refractivity contribution in [2.75, 3.05) is 5.75 Å². The quantitative estimate of drug-likeness (QED) is 0.836. The molecule has 3 amide bonds. The highest BCUT2D eigenvalue weighted by molar-refractivity contribution is 8.01. The molecule has 0 spiro atoms. The molecule has 2 N–H and O–H groups in total. The summed E-state index contributed by atoms with van der Waals surface area (Å²) < 4.78 is 1.78. The highest BCUT2D eigenvalue weighted by Gasteiger charge is 2.11. The van der Waals surface area contributed by atoms with Crippen LogP contribution in [0, 0.1) is 0 Å². The first kappa shape index (κ1) is 16.1. The van der Waals surface area contributed by atoms with Crippen molar-refractivity contribution in [3.63, 3.8) is 0 Å². The van der Waals surface area contributed by atoms with E-state index < -0.39 is 6.03 Å². The third-order valence-corrected chi connectivity index (χ3v) is 4.74. The zero-order chi connectivity index (χ0) is 15.4. The fourth-order valence-corrected chi connectivity index (χ4v) is 3.54. The van der Waals surface area contributed by atoms with Gasteiger partial charge < -0.3 is 5.32 Å². The number of hydrogen-bond donors (Lipinski definition) is 2. The summed E-state index contributed by atoms with van der Waals surface area (Å²) in [6, 6.07) is 4.99. The van der Waals surface area contributed by atoms with Gasteiger partial charge in [0.05, 0.1) is 16.0 Å². The van der Waals surface area contributed by atoms with Gasteiger partial charge >= 0.3 is 6.03 Å². The highest BCUT2D eigenvalue weighted by atomic mass is 35.5. The molecular formula is C13H14ClN3O2S2. The summed E-state index contributed by atoms with van der Waals surface area (Å²) in [5, 5.41) is 5.49. The van der Waals surface area contributed by atoms with Crippen molar-refractivity contribution in [3.05, 3.63) is 23.2 Å². The number of carbonyl (C=O) groups excluding carboxylic acids is 2. The summed E-state index contributed by atoms with van der Waals surface area (Å²) in [6.07, 6.45) is 0. The molecule has 2 aromatic rings. The Bertz CT molecular complexity index is 672. The van der Waals surface area contributed by atoms with Crippen LogP contribution in [0.2, 0.25) is 5.02 Å². The largest absolute Gasteiger partial charge is 0.336 e. The van der Waals surface area contributed by atoms with Gasteiger partial charge in [-0.25, -0.2) is 9.78 Å². The molecule has 112 valence electrons. The Morgan fingerprint density at radius 3 is 2.90 bits per heavy atom. The Hall–Kier alpha value is -1.31. The minimum atomic E-state index is -0.480. The smallest absolute Gasteiger partial charge is 0.321 e. The first-order valence-corrected chi connectivity index (χ1v) is 8.41. The van der Waals surface area contributed by atoms with Gasteiger partial charge in [0, 0.05) is 11.1 Å². The van der Waals surface area contributed by atoms with Gasteiger partial charge in [-0.05, 0) is 32.0 Å². The number of amides is 3. The number of aromatic nitrogens is 1. The third kappa shape index (κ3) is 4.87. The van der Waals surface area contributed by atoms with Crippen molar-refractivity contribution in [1.82, 2.24) is 15.6 Å². The molecule has 8 heteroatoms. The molecule has 0 unspecified atom stereocenters. The molecule has 0 saturated heterocycles. The van der Waals surface area contributed by atoms with Crippen LogP contribution in [-0.4, -0.2) is 28.7 Å². The maximum Gasteiger partial charge on any atom is 0.321 e. The number of nitrogens with one attached hydrogen (secondary N) is 2. The standard InChI is InChI=1S/C13H14ClN3O2S2/c1-7(2)15-12(19)17-11(18)6-20-13-16-9-5-8(14)3-4-10(9)21-13/h3-5,7H,6H2,1-2H3,(H2,15,17,18,19). The molecule has 21 heavy (non-hydrogen) atoms. The van der Waals surface area contributed by atoms with Crippen LogP contribution in [-0.2, 0) is 4.79 Å². The van der Waals surface area contributed by atoms with Gasteiger partial charge in [0.2, 0.25) is 5.91 Å². The second kappa shape index (κ2) is 7.11. The van der Waals surface area contributed by atoms with Crippen LogP contribution in [0.5, 0.6) is 0 Å². The first-order valence-electron chi connectivity index (χ1n) is 6.23. The number of imide groups is 1. The first-order chi connectivity index (χ1) is 9.94. The molecule has 0 aliphatic rings. The van der Waals surface area contributed by atoms with Gasteiger partial charge in [-0.3, -0.25) is 10.1 Å². The van der Waals surface area contributed by atoms with Crippen molar-refractivity contribution in [1.29, 1.82) is 0 Å². The molecule has 0 saturated carbocycles. The number of nitrogens with zero attached hydrogens (tertiary/aromatic N) is 1. The van der Waals surface area contributed by atoms with Gasteiger partial charge in [-0.1, -0.05) is 23.4 Å². The minimum absolute atomic E-state index is 0.0144. The van der Waals surface area contributed by atoms with Crippen LogP contribution < -0.4 is 10.6 Å². The summed E-state index contributed by atoms with van der Waals surface area (Å²) in [5.41, 5.74) is 0.813. The van der Waals surface area contributed by atoms with E-state index in [9.17, 15) is 9.59 Å². The summed E-state index contributed by atoms with van der Waals surface area (Å²) in [6.45, 7) is 3.65. The molecule has 1 aromatic heterocycles. The van der Waals surface area contributed by atoms with Crippen LogP contribution in [0.3, 0.4) is 0 Å². The number of fused-ring (bicyclic) bond motifs is 1. The zero-order valence-electron chi connectivity index (χ0n) is 11.5. The average Bonchev–Trinajstić information content (AvgIpc) is 2.77. The van der Waals surface area contributed by atoms with Crippen molar-refractivity contribution in [2.45, 2.75) is 24.2 Å². The Labute approximate surface area is 135 Å². The lowest BCUT2D eigenvalue weighted by molar-refractivity contribution is -0.117. The van der Waals surface area contributed by atoms with E-state index in [1.807, 2.05) is 19.9 Å². The van der Waals surface area contributed by atoms with E-state index in [0.717, 1.165) is 14.6 Å². The molecule has 0 aliphatic carbocycles. The summed E-state index contributed by atoms with van der Waals surface area (Å²) >= 11 is 8.69. The molecule has 2 rings (SSSR count). The SMILES string of the molecule is CC(C)NC(=O)NC(=O)CSc1nc2cc(Cl)ccc2s1. The van der Waals surface area contributed by atoms with Gasteiger partial charge in [0.1, 0.15) is 0 Å². The Kier molecular flexibility index (Phi) is 5.44. The van der Waals surface area contributed by atoms with E-state index in [1.54, 1.807) is 12.1 Å². The summed E-state index contributed by atoms with van der Waals surface area (Å²) in [5.74, 6) is -0.213. The lowest BCUT2D eigenvalue weighted by Gasteiger charge is -2.08. The zero-order valence-corrected chi connectivity index (χ0v) is 13.9. The van der Waals surface area contributed by atoms with Gasteiger partial charge in [0.25, 0.3) is 0 Å². The van der Waals surface area contributed by atoms with E-state index in [0.29, 0.717) is 5.02 Å². The van der Waals surface area contributed by atoms with Crippen LogP contribution >= 0.6 is 34.7 Å². The Morgan fingerprint density at radius 1 is 1.43 bits per heavy atom. The Morgan fingerprint density at radius 2 is 2.19 bits per heavy atom. The number of urea groups is 1. The predicted octanol–water partition coefficient (Wildman–Crippen LogP) is 3.28. The molecule has 1 heterocycles. The van der Waals surface area contributed by atoms with Crippen molar-refractivity contribution < 1.29 is 9.59 Å². The van der Waals surface area contributed by atoms with E-state index in [2.05, 4.69) is 15.6 Å². The number of thioether (sulfide) groups is 1. The fraction of sp³-hybridized carbons (Fsp3) is 0.308. The minimum Gasteiger partial charge on any atom is -0.336 e. The van der Waals surface area contributed by atoms with E-state index in [-0.39, 0.29) is 17.7 Å². The van der Waals surface area contributed by atoms with Crippen molar-refractivity contribution >= 4 is 56.9 Å². The maximum absolute atomic E-state index is 11.6. The monoisotopic (exact) mass is 343 g/mol. The lowest BCUT2D eigenvalue weighted by atomic mass is 10.3. The normalized spacial score (nSPS) is 10.9. The summed E-state index contributed by atoms with van der Waals surface area (Å²) in [4.78, 5) is 27.4. The van der Waals surface area contributed by atoms with Crippen LogP contribution in [0.15, 0.2) is 22.5 Å². The van der Waals surface area contributed by atoms with E-state index in [4.69, 9.17) is 11.6 Å². The lowest BCUT2D eigenvalue weighted by Crippen LogP contribution is -2.43. The molecule has 0 atom stereocenters. The average molecular weight is 344 g/mol. The maximum atomic E-state index is 11.6. The molecule has 1 aromatic carbocycles. The Balaban J connectivity index is 1.89. The van der Waals surface area contributed by atoms with Crippen LogP contribution in [0.25, 0.3) is 10.2 Å². The van der Waals surface area contributed by atoms with E-state index in [1.165, 1.54) is 23.1 Å². The summed E-state index contributed by atoms with van der Waals surface area (Å²) in [7, 11) is 0. The fourth-order valence-electron chi connectivity index (χ4n) is 1.53. The predicted molar refractivity (Wildman–Crippen MR) is 87.2 cm³/mol. The number of benzene rings is 1. The highest BCUT2D eigenvalue weighted by Crippen LogP contribution is 2.30. The number of halogens is 1. The molecule has 5 nitrogen and oxygen atoms in total.